The van der Waals surface area contributed by atoms with Gasteiger partial charge in [0, 0.05) is 31.7 Å². The van der Waals surface area contributed by atoms with Gasteiger partial charge in [0.1, 0.15) is 5.76 Å². The smallest absolute Gasteiger partial charge is 0.191 e. The van der Waals surface area contributed by atoms with Gasteiger partial charge in [-0.3, -0.25) is 4.99 Å². The highest BCUT2D eigenvalue weighted by Crippen LogP contribution is 2.39. The molecule has 1 aliphatic heterocycles. The number of furan rings is 1. The number of nitrogens with zero attached hydrogens (tertiary/aromatic N) is 1. The molecule has 142 valence electrons. The summed E-state index contributed by atoms with van der Waals surface area (Å²) in [4.78, 5) is 4.74. The third kappa shape index (κ3) is 6.16. The maximum Gasteiger partial charge on any atom is 0.191 e. The van der Waals surface area contributed by atoms with Crippen LogP contribution < -0.4 is 10.6 Å². The lowest BCUT2D eigenvalue weighted by atomic mass is 9.89. The van der Waals surface area contributed by atoms with Crippen molar-refractivity contribution in [1.29, 1.82) is 0 Å². The van der Waals surface area contributed by atoms with Crippen molar-refractivity contribution in [3.63, 3.8) is 0 Å². The van der Waals surface area contributed by atoms with E-state index in [-0.39, 0.29) is 29.6 Å². The van der Waals surface area contributed by atoms with Crippen LogP contribution in [0, 0.1) is 0 Å². The third-order valence-corrected chi connectivity index (χ3v) is 4.98. The fourth-order valence-corrected chi connectivity index (χ4v) is 3.85. The zero-order chi connectivity index (χ0) is 16.8. The molecule has 1 spiro atoms. The zero-order valence-electron chi connectivity index (χ0n) is 15.4. The Morgan fingerprint density at radius 3 is 2.84 bits per heavy atom. The molecule has 5 nitrogen and oxygen atoms in total. The number of rotatable bonds is 5. The van der Waals surface area contributed by atoms with Crippen LogP contribution in [0.4, 0.5) is 0 Å². The SMILES string of the molecule is CC(C)NC(=NCCc1ccco1)NC1CCOC2(CCCC2)C1.I. The minimum absolute atomic E-state index is 0. The van der Waals surface area contributed by atoms with Crippen molar-refractivity contribution in [2.75, 3.05) is 13.2 Å². The highest BCUT2D eigenvalue weighted by atomic mass is 127. The average molecular weight is 461 g/mol. The molecule has 0 radical (unpaired) electrons. The van der Waals surface area contributed by atoms with E-state index in [4.69, 9.17) is 14.1 Å². The Morgan fingerprint density at radius 2 is 2.16 bits per heavy atom. The molecule has 1 aromatic rings. The third-order valence-electron chi connectivity index (χ3n) is 4.98. The van der Waals surface area contributed by atoms with Crippen molar-refractivity contribution >= 4 is 29.9 Å². The second-order valence-electron chi connectivity index (χ2n) is 7.43. The van der Waals surface area contributed by atoms with Gasteiger partial charge in [-0.05, 0) is 51.7 Å². The van der Waals surface area contributed by atoms with Gasteiger partial charge in [0.25, 0.3) is 0 Å². The van der Waals surface area contributed by atoms with Crippen LogP contribution in [0.5, 0.6) is 0 Å². The molecule has 2 heterocycles. The number of nitrogens with one attached hydrogen (secondary N) is 2. The Labute approximate surface area is 168 Å². The molecule has 1 atom stereocenters. The second-order valence-corrected chi connectivity index (χ2v) is 7.43. The molecular weight excluding hydrogens is 429 g/mol. The summed E-state index contributed by atoms with van der Waals surface area (Å²) >= 11 is 0. The summed E-state index contributed by atoms with van der Waals surface area (Å²) in [5.41, 5.74) is 0.132. The van der Waals surface area contributed by atoms with Gasteiger partial charge in [-0.25, -0.2) is 0 Å². The van der Waals surface area contributed by atoms with E-state index >= 15 is 0 Å². The van der Waals surface area contributed by atoms with Gasteiger partial charge in [-0.1, -0.05) is 12.8 Å². The molecule has 2 N–H and O–H groups in total. The van der Waals surface area contributed by atoms with Crippen molar-refractivity contribution in [3.05, 3.63) is 24.2 Å². The van der Waals surface area contributed by atoms with E-state index in [2.05, 4.69) is 24.5 Å². The fraction of sp³-hybridized carbons (Fsp3) is 0.737. The van der Waals surface area contributed by atoms with Crippen LogP contribution in [-0.4, -0.2) is 36.8 Å². The van der Waals surface area contributed by atoms with E-state index in [1.165, 1.54) is 25.7 Å². The van der Waals surface area contributed by atoms with Gasteiger partial charge < -0.3 is 19.8 Å². The number of hydrogen-bond donors (Lipinski definition) is 2. The molecule has 2 aliphatic rings. The molecular formula is C19H32IN3O2. The van der Waals surface area contributed by atoms with Gasteiger partial charge in [-0.15, -0.1) is 24.0 Å². The lowest BCUT2D eigenvalue weighted by molar-refractivity contribution is -0.0815. The predicted molar refractivity (Wildman–Crippen MR) is 112 cm³/mol. The first-order chi connectivity index (χ1) is 11.7. The quantitative estimate of drug-likeness (QED) is 0.397. The summed E-state index contributed by atoms with van der Waals surface area (Å²) in [6.45, 7) is 5.88. The highest BCUT2D eigenvalue weighted by molar-refractivity contribution is 14.0. The topological polar surface area (TPSA) is 58.8 Å². The second kappa shape index (κ2) is 9.80. The van der Waals surface area contributed by atoms with E-state index in [1.807, 2.05) is 12.1 Å². The average Bonchev–Trinajstić information content (AvgIpc) is 3.19. The molecule has 1 saturated heterocycles. The summed E-state index contributed by atoms with van der Waals surface area (Å²) in [6, 6.07) is 4.74. The standard InChI is InChI=1S/C19H31N3O2.HI/c1-15(2)21-18(20-11-7-17-6-5-12-23-17)22-16-8-13-24-19(14-16)9-3-4-10-19;/h5-6,12,15-16H,3-4,7-11,13-14H2,1-2H3,(H2,20,21,22);1H. The molecule has 1 aromatic heterocycles. The van der Waals surface area contributed by atoms with Crippen LogP contribution in [0.1, 0.15) is 58.1 Å². The molecule has 6 heteroatoms. The summed E-state index contributed by atoms with van der Waals surface area (Å²) in [6.07, 6.45) is 9.75. The van der Waals surface area contributed by atoms with E-state index in [1.54, 1.807) is 6.26 Å². The van der Waals surface area contributed by atoms with E-state index < -0.39 is 0 Å². The molecule has 1 saturated carbocycles. The largest absolute Gasteiger partial charge is 0.469 e. The summed E-state index contributed by atoms with van der Waals surface area (Å²) in [7, 11) is 0. The summed E-state index contributed by atoms with van der Waals surface area (Å²) < 4.78 is 11.5. The Balaban J connectivity index is 0.00000225. The van der Waals surface area contributed by atoms with E-state index in [0.717, 1.165) is 44.1 Å². The summed E-state index contributed by atoms with van der Waals surface area (Å²) in [5.74, 6) is 1.90. The van der Waals surface area contributed by atoms with Gasteiger partial charge in [0.15, 0.2) is 5.96 Å². The monoisotopic (exact) mass is 461 g/mol. The molecule has 0 bridgehead atoms. The molecule has 25 heavy (non-hydrogen) atoms. The number of halogens is 1. The Hall–Kier alpha value is -0.760. The molecule has 0 aromatic carbocycles. The molecule has 0 amide bonds. The minimum atomic E-state index is 0. The van der Waals surface area contributed by atoms with Crippen molar-refractivity contribution in [2.24, 2.45) is 4.99 Å². The first kappa shape index (κ1) is 20.6. The summed E-state index contributed by atoms with van der Waals surface area (Å²) in [5, 5.41) is 7.10. The molecule has 3 rings (SSSR count). The normalized spacial score (nSPS) is 22.8. The van der Waals surface area contributed by atoms with Gasteiger partial charge >= 0.3 is 0 Å². The van der Waals surface area contributed by atoms with Crippen LogP contribution in [-0.2, 0) is 11.2 Å². The maximum atomic E-state index is 6.14. The van der Waals surface area contributed by atoms with Crippen molar-refractivity contribution in [3.8, 4) is 0 Å². The lowest BCUT2D eigenvalue weighted by Crippen LogP contribution is -2.51. The first-order valence-corrected chi connectivity index (χ1v) is 9.39. The van der Waals surface area contributed by atoms with Crippen LogP contribution in [0.15, 0.2) is 27.8 Å². The van der Waals surface area contributed by atoms with Gasteiger partial charge in [-0.2, -0.15) is 0 Å². The Bertz CT molecular complexity index is 525. The van der Waals surface area contributed by atoms with E-state index in [9.17, 15) is 0 Å². The number of aliphatic imine (C=N–C) groups is 1. The van der Waals surface area contributed by atoms with Crippen molar-refractivity contribution in [2.45, 2.75) is 76.5 Å². The lowest BCUT2D eigenvalue weighted by Gasteiger charge is -2.39. The number of guanidine groups is 1. The zero-order valence-corrected chi connectivity index (χ0v) is 17.8. The first-order valence-electron chi connectivity index (χ1n) is 9.39. The van der Waals surface area contributed by atoms with Gasteiger partial charge in [0.2, 0.25) is 0 Å². The fourth-order valence-electron chi connectivity index (χ4n) is 3.85. The Morgan fingerprint density at radius 1 is 1.36 bits per heavy atom. The Kier molecular flexibility index (Phi) is 8.06. The molecule has 1 aliphatic carbocycles. The minimum Gasteiger partial charge on any atom is -0.469 e. The van der Waals surface area contributed by atoms with Crippen LogP contribution in [0.3, 0.4) is 0 Å². The van der Waals surface area contributed by atoms with Crippen LogP contribution in [0.25, 0.3) is 0 Å². The molecule has 2 fully saturated rings. The van der Waals surface area contributed by atoms with Crippen LogP contribution in [0.2, 0.25) is 0 Å². The molecule has 1 unspecified atom stereocenters. The van der Waals surface area contributed by atoms with Gasteiger partial charge in [0.05, 0.1) is 11.9 Å². The predicted octanol–water partition coefficient (Wildman–Crippen LogP) is 3.88. The highest BCUT2D eigenvalue weighted by Gasteiger charge is 2.40. The van der Waals surface area contributed by atoms with Crippen molar-refractivity contribution < 1.29 is 9.15 Å². The van der Waals surface area contributed by atoms with Crippen LogP contribution >= 0.6 is 24.0 Å². The maximum absolute atomic E-state index is 6.14. The number of hydrogen-bond acceptors (Lipinski definition) is 3. The number of ether oxygens (including phenoxy) is 1. The van der Waals surface area contributed by atoms with Crippen molar-refractivity contribution in [1.82, 2.24) is 10.6 Å². The van der Waals surface area contributed by atoms with E-state index in [0.29, 0.717) is 12.1 Å².